The smallest absolute Gasteiger partial charge is 0.232 e. The normalized spacial score (nSPS) is 17.0. The number of hydrogen-bond acceptors (Lipinski definition) is 4. The molecule has 1 N–H and O–H groups in total. The van der Waals surface area contributed by atoms with Crippen molar-refractivity contribution in [2.75, 3.05) is 13.7 Å². The molecule has 1 amide bonds. The van der Waals surface area contributed by atoms with E-state index in [1.807, 2.05) is 32.0 Å². The number of aryl methyl sites for hydroxylation is 1. The molecule has 1 fully saturated rings. The summed E-state index contributed by atoms with van der Waals surface area (Å²) >= 11 is 6.14. The SMILES string of the molecule is CCOc1ccc(C(=C[C@H]2CCC(=O)N2)c2ccc(Cl)c(OC)n2)cc1C. The zero-order chi connectivity index (χ0) is 19.4. The van der Waals surface area contributed by atoms with Gasteiger partial charge in [0.15, 0.2) is 0 Å². The summed E-state index contributed by atoms with van der Waals surface area (Å²) < 4.78 is 10.9. The van der Waals surface area contributed by atoms with E-state index in [1.54, 1.807) is 13.2 Å². The van der Waals surface area contributed by atoms with E-state index < -0.39 is 0 Å². The monoisotopic (exact) mass is 386 g/mol. The highest BCUT2D eigenvalue weighted by molar-refractivity contribution is 6.31. The predicted molar refractivity (Wildman–Crippen MR) is 106 cm³/mol. The number of methoxy groups -OCH3 is 1. The summed E-state index contributed by atoms with van der Waals surface area (Å²) in [5.74, 6) is 1.30. The number of hydrogen-bond donors (Lipinski definition) is 1. The number of carbonyl (C=O) groups excluding carboxylic acids is 1. The third-order valence-corrected chi connectivity index (χ3v) is 4.75. The Labute approximate surface area is 164 Å². The topological polar surface area (TPSA) is 60.5 Å². The number of aromatic nitrogens is 1. The molecule has 2 heterocycles. The van der Waals surface area contributed by atoms with Gasteiger partial charge in [-0.2, -0.15) is 0 Å². The number of rotatable bonds is 6. The number of benzene rings is 1. The fourth-order valence-electron chi connectivity index (χ4n) is 3.14. The van der Waals surface area contributed by atoms with Crippen molar-refractivity contribution in [3.05, 3.63) is 58.3 Å². The van der Waals surface area contributed by atoms with Gasteiger partial charge in [0, 0.05) is 18.0 Å². The van der Waals surface area contributed by atoms with Gasteiger partial charge < -0.3 is 14.8 Å². The van der Waals surface area contributed by atoms with Gasteiger partial charge >= 0.3 is 0 Å². The second kappa shape index (κ2) is 8.44. The van der Waals surface area contributed by atoms with Crippen molar-refractivity contribution >= 4 is 23.1 Å². The molecule has 2 aromatic rings. The highest BCUT2D eigenvalue weighted by Crippen LogP contribution is 2.31. The van der Waals surface area contributed by atoms with E-state index in [1.165, 1.54) is 0 Å². The maximum atomic E-state index is 11.6. The van der Waals surface area contributed by atoms with Crippen LogP contribution in [0.1, 0.15) is 36.6 Å². The van der Waals surface area contributed by atoms with Gasteiger partial charge in [0.2, 0.25) is 11.8 Å². The summed E-state index contributed by atoms with van der Waals surface area (Å²) in [6, 6.07) is 9.63. The molecule has 1 aliphatic heterocycles. The van der Waals surface area contributed by atoms with Crippen molar-refractivity contribution in [3.8, 4) is 11.6 Å². The van der Waals surface area contributed by atoms with Crippen LogP contribution in [0.5, 0.6) is 11.6 Å². The first kappa shape index (κ1) is 19.2. The minimum atomic E-state index is -0.0251. The van der Waals surface area contributed by atoms with E-state index in [2.05, 4.69) is 22.4 Å². The van der Waals surface area contributed by atoms with Gasteiger partial charge in [-0.15, -0.1) is 0 Å². The summed E-state index contributed by atoms with van der Waals surface area (Å²) in [5, 5.41) is 3.44. The van der Waals surface area contributed by atoms with Crippen LogP contribution < -0.4 is 14.8 Å². The summed E-state index contributed by atoms with van der Waals surface area (Å²) in [7, 11) is 1.54. The zero-order valence-electron chi connectivity index (χ0n) is 15.7. The van der Waals surface area contributed by atoms with Gasteiger partial charge in [-0.05, 0) is 55.7 Å². The molecule has 142 valence electrons. The molecule has 0 aliphatic carbocycles. The maximum absolute atomic E-state index is 11.6. The number of ether oxygens (including phenoxy) is 2. The third kappa shape index (κ3) is 4.42. The Morgan fingerprint density at radius 3 is 2.81 bits per heavy atom. The second-order valence-electron chi connectivity index (χ2n) is 6.39. The van der Waals surface area contributed by atoms with Gasteiger partial charge in [0.05, 0.1) is 19.4 Å². The van der Waals surface area contributed by atoms with Gasteiger partial charge in [-0.1, -0.05) is 23.7 Å². The molecule has 5 nitrogen and oxygen atoms in total. The second-order valence-corrected chi connectivity index (χ2v) is 6.80. The molecule has 27 heavy (non-hydrogen) atoms. The Morgan fingerprint density at radius 1 is 1.37 bits per heavy atom. The number of pyridine rings is 1. The lowest BCUT2D eigenvalue weighted by molar-refractivity contribution is -0.119. The summed E-state index contributed by atoms with van der Waals surface area (Å²) in [4.78, 5) is 16.2. The van der Waals surface area contributed by atoms with Crippen LogP contribution in [0.25, 0.3) is 5.57 Å². The Hall–Kier alpha value is -2.53. The lowest BCUT2D eigenvalue weighted by Gasteiger charge is -2.15. The van der Waals surface area contributed by atoms with E-state index >= 15 is 0 Å². The molecule has 0 saturated carbocycles. The van der Waals surface area contributed by atoms with Gasteiger partial charge in [0.25, 0.3) is 0 Å². The fraction of sp³-hybridized carbons (Fsp3) is 0.333. The number of halogens is 1. The average molecular weight is 387 g/mol. The molecule has 6 heteroatoms. The molecular formula is C21H23ClN2O3. The molecule has 0 unspecified atom stereocenters. The molecule has 1 saturated heterocycles. The van der Waals surface area contributed by atoms with E-state index in [-0.39, 0.29) is 11.9 Å². The predicted octanol–water partition coefficient (Wildman–Crippen LogP) is 4.16. The molecule has 0 radical (unpaired) electrons. The van der Waals surface area contributed by atoms with Crippen molar-refractivity contribution in [2.24, 2.45) is 0 Å². The Bertz CT molecular complexity index is 880. The van der Waals surface area contributed by atoms with Crippen molar-refractivity contribution in [1.82, 2.24) is 10.3 Å². The first-order valence-electron chi connectivity index (χ1n) is 8.97. The van der Waals surface area contributed by atoms with E-state index in [4.69, 9.17) is 21.1 Å². The quantitative estimate of drug-likeness (QED) is 0.809. The van der Waals surface area contributed by atoms with Crippen molar-refractivity contribution in [3.63, 3.8) is 0 Å². The molecule has 0 spiro atoms. The Morgan fingerprint density at radius 2 is 2.19 bits per heavy atom. The van der Waals surface area contributed by atoms with E-state index in [9.17, 15) is 4.79 Å². The zero-order valence-corrected chi connectivity index (χ0v) is 16.5. The molecule has 1 aromatic carbocycles. The lowest BCUT2D eigenvalue weighted by atomic mass is 9.97. The number of amides is 1. The summed E-state index contributed by atoms with van der Waals surface area (Å²) in [5.41, 5.74) is 3.69. The average Bonchev–Trinajstić information content (AvgIpc) is 3.07. The van der Waals surface area contributed by atoms with Gasteiger partial charge in [-0.3, -0.25) is 4.79 Å². The van der Waals surface area contributed by atoms with Crippen LogP contribution in [0, 0.1) is 6.92 Å². The minimum absolute atomic E-state index is 0.0251. The lowest BCUT2D eigenvalue weighted by Crippen LogP contribution is -2.23. The molecule has 1 aromatic heterocycles. The van der Waals surface area contributed by atoms with E-state index in [0.717, 1.165) is 34.6 Å². The van der Waals surface area contributed by atoms with Crippen molar-refractivity contribution in [1.29, 1.82) is 0 Å². The number of nitrogens with one attached hydrogen (secondary N) is 1. The maximum Gasteiger partial charge on any atom is 0.232 e. The number of nitrogens with zero attached hydrogens (tertiary/aromatic N) is 1. The van der Waals surface area contributed by atoms with E-state index in [0.29, 0.717) is 23.9 Å². The van der Waals surface area contributed by atoms with Crippen molar-refractivity contribution in [2.45, 2.75) is 32.7 Å². The highest BCUT2D eigenvalue weighted by atomic mass is 35.5. The largest absolute Gasteiger partial charge is 0.494 e. The van der Waals surface area contributed by atoms with Gasteiger partial charge in [0.1, 0.15) is 10.8 Å². The highest BCUT2D eigenvalue weighted by Gasteiger charge is 2.21. The Balaban J connectivity index is 2.06. The molecule has 1 aliphatic rings. The third-order valence-electron chi connectivity index (χ3n) is 4.47. The van der Waals surface area contributed by atoms with Crippen LogP contribution in [0.15, 0.2) is 36.4 Å². The summed E-state index contributed by atoms with van der Waals surface area (Å²) in [6.07, 6.45) is 3.35. The van der Waals surface area contributed by atoms with Crippen LogP contribution in [-0.2, 0) is 4.79 Å². The van der Waals surface area contributed by atoms with Crippen LogP contribution in [0.2, 0.25) is 5.02 Å². The minimum Gasteiger partial charge on any atom is -0.494 e. The standard InChI is InChI=1S/C21H23ClN2O3/c1-4-27-19-9-5-14(11-13(19)2)16(12-15-6-10-20(25)23-15)18-8-7-17(22)21(24-18)26-3/h5,7-9,11-12,15H,4,6,10H2,1-3H3,(H,23,25)/t15-/m1/s1. The molecule has 1 atom stereocenters. The first-order valence-corrected chi connectivity index (χ1v) is 9.35. The van der Waals surface area contributed by atoms with Crippen LogP contribution >= 0.6 is 11.6 Å². The van der Waals surface area contributed by atoms with Crippen LogP contribution in [0.4, 0.5) is 0 Å². The number of carbonyl (C=O) groups is 1. The van der Waals surface area contributed by atoms with Crippen LogP contribution in [0.3, 0.4) is 0 Å². The van der Waals surface area contributed by atoms with Gasteiger partial charge in [-0.25, -0.2) is 4.98 Å². The molecule has 3 rings (SSSR count). The summed E-state index contributed by atoms with van der Waals surface area (Å²) in [6.45, 7) is 4.59. The first-order chi connectivity index (χ1) is 13.0. The van der Waals surface area contributed by atoms with Crippen molar-refractivity contribution < 1.29 is 14.3 Å². The fourth-order valence-corrected chi connectivity index (χ4v) is 3.33. The Kier molecular flexibility index (Phi) is 6.01. The molecular weight excluding hydrogens is 364 g/mol. The van der Waals surface area contributed by atoms with Crippen LogP contribution in [-0.4, -0.2) is 30.6 Å². The molecule has 0 bridgehead atoms.